The number of hydrogen-bond donors (Lipinski definition) is 2. The summed E-state index contributed by atoms with van der Waals surface area (Å²) in [6, 6.07) is -0.0449. The zero-order chi connectivity index (χ0) is 14.4. The first-order chi connectivity index (χ1) is 9.78. The highest BCUT2D eigenvalue weighted by Crippen LogP contribution is 2.32. The molecule has 0 radical (unpaired) electrons. The minimum atomic E-state index is -0.0449. The van der Waals surface area contributed by atoms with E-state index in [-0.39, 0.29) is 6.04 Å². The van der Waals surface area contributed by atoms with E-state index in [1.165, 1.54) is 24.3 Å². The van der Waals surface area contributed by atoms with E-state index >= 15 is 0 Å². The van der Waals surface area contributed by atoms with Gasteiger partial charge in [0.25, 0.3) is 0 Å². The van der Waals surface area contributed by atoms with Crippen LogP contribution < -0.4 is 20.7 Å². The number of nitrogens with zero attached hydrogens (tertiary/aromatic N) is 2. The Morgan fingerprint density at radius 2 is 2.15 bits per heavy atom. The number of thioether (sulfide) groups is 1. The Balaban J connectivity index is 2.13. The zero-order valence-corrected chi connectivity index (χ0v) is 12.8. The molecule has 2 heterocycles. The Kier molecular flexibility index (Phi) is 5.87. The van der Waals surface area contributed by atoms with E-state index in [0.29, 0.717) is 17.7 Å². The first-order valence-corrected chi connectivity index (χ1v) is 7.92. The van der Waals surface area contributed by atoms with Crippen molar-refractivity contribution >= 4 is 11.8 Å². The van der Waals surface area contributed by atoms with Crippen LogP contribution in [0.15, 0.2) is 6.20 Å². The van der Waals surface area contributed by atoms with Crippen LogP contribution in [-0.2, 0) is 0 Å². The molecule has 1 aromatic rings. The lowest BCUT2D eigenvalue weighted by Gasteiger charge is -2.26. The molecule has 1 unspecified atom stereocenters. The van der Waals surface area contributed by atoms with Gasteiger partial charge in [-0.3, -0.25) is 11.3 Å². The van der Waals surface area contributed by atoms with Gasteiger partial charge in [-0.15, -0.1) is 0 Å². The van der Waals surface area contributed by atoms with Gasteiger partial charge >= 0.3 is 0 Å². The lowest BCUT2D eigenvalue weighted by Crippen LogP contribution is -2.31. The zero-order valence-electron chi connectivity index (χ0n) is 12.0. The number of nitrogens with one attached hydrogen (secondary N) is 1. The summed E-state index contributed by atoms with van der Waals surface area (Å²) in [5.41, 5.74) is 3.59. The Hall–Kier alpha value is -1.05. The van der Waals surface area contributed by atoms with Gasteiger partial charge in [-0.05, 0) is 36.7 Å². The van der Waals surface area contributed by atoms with Gasteiger partial charge in [0.05, 0.1) is 26.5 Å². The van der Waals surface area contributed by atoms with Gasteiger partial charge in [-0.1, -0.05) is 0 Å². The van der Waals surface area contributed by atoms with E-state index in [9.17, 15) is 0 Å². The van der Waals surface area contributed by atoms with Crippen LogP contribution in [0, 0.1) is 5.92 Å². The molecule has 6 nitrogen and oxygen atoms in total. The van der Waals surface area contributed by atoms with E-state index in [4.69, 9.17) is 15.3 Å². The van der Waals surface area contributed by atoms with Crippen molar-refractivity contribution in [3.8, 4) is 11.8 Å². The highest BCUT2D eigenvalue weighted by Gasteiger charge is 2.24. The number of aromatic nitrogens is 2. The van der Waals surface area contributed by atoms with Gasteiger partial charge in [0.1, 0.15) is 5.69 Å². The van der Waals surface area contributed by atoms with Crippen molar-refractivity contribution in [3.05, 3.63) is 11.9 Å². The van der Waals surface area contributed by atoms with Crippen molar-refractivity contribution in [2.45, 2.75) is 25.3 Å². The van der Waals surface area contributed by atoms with E-state index in [1.54, 1.807) is 20.4 Å². The van der Waals surface area contributed by atoms with Crippen LogP contribution in [0.3, 0.4) is 0 Å². The second-order valence-electron chi connectivity index (χ2n) is 4.82. The van der Waals surface area contributed by atoms with E-state index in [0.717, 1.165) is 12.1 Å². The van der Waals surface area contributed by atoms with Crippen molar-refractivity contribution in [3.63, 3.8) is 0 Å². The molecule has 0 aliphatic carbocycles. The molecule has 1 saturated heterocycles. The quantitative estimate of drug-likeness (QED) is 0.609. The molecule has 20 heavy (non-hydrogen) atoms. The molecule has 7 heteroatoms. The van der Waals surface area contributed by atoms with Gasteiger partial charge in [0, 0.05) is 0 Å². The van der Waals surface area contributed by atoms with E-state index in [1.807, 2.05) is 11.8 Å². The molecule has 3 N–H and O–H groups in total. The molecule has 1 fully saturated rings. The molecular formula is C13H22N4O2S. The number of rotatable bonds is 6. The fourth-order valence-electron chi connectivity index (χ4n) is 2.43. The summed E-state index contributed by atoms with van der Waals surface area (Å²) in [5, 5.41) is 0. The molecule has 0 aromatic carbocycles. The fourth-order valence-corrected chi connectivity index (χ4v) is 3.63. The molecule has 1 aliphatic heterocycles. The number of nitrogens with two attached hydrogens (primary N) is 1. The molecule has 2 rings (SSSR count). The minimum Gasteiger partial charge on any atom is -0.480 e. The smallest absolute Gasteiger partial charge is 0.240 e. The summed E-state index contributed by atoms with van der Waals surface area (Å²) in [7, 11) is 3.14. The largest absolute Gasteiger partial charge is 0.480 e. The summed E-state index contributed by atoms with van der Waals surface area (Å²) < 4.78 is 10.4. The SMILES string of the molecule is COc1cnc(C(CC2CCSCC2)NN)c(OC)n1. The predicted octanol–water partition coefficient (Wildman–Crippen LogP) is 1.53. The second-order valence-corrected chi connectivity index (χ2v) is 6.04. The van der Waals surface area contributed by atoms with Crippen LogP contribution in [0.1, 0.15) is 31.0 Å². The maximum atomic E-state index is 5.71. The Morgan fingerprint density at radius 3 is 2.75 bits per heavy atom. The third-order valence-corrected chi connectivity index (χ3v) is 4.64. The van der Waals surface area contributed by atoms with Gasteiger partial charge in [0.2, 0.25) is 11.8 Å². The molecule has 1 aromatic heterocycles. The summed E-state index contributed by atoms with van der Waals surface area (Å²) in [5.74, 6) is 9.75. The maximum absolute atomic E-state index is 5.71. The number of hydrazine groups is 1. The molecule has 0 spiro atoms. The van der Waals surface area contributed by atoms with Gasteiger partial charge in [-0.25, -0.2) is 4.98 Å². The summed E-state index contributed by atoms with van der Waals surface area (Å²) in [6.45, 7) is 0. The standard InChI is InChI=1S/C13H22N4O2S/c1-18-11-8-15-12(13(16-11)19-2)10(17-14)7-9-3-5-20-6-4-9/h8-10,17H,3-7,14H2,1-2H3. The monoisotopic (exact) mass is 298 g/mol. The van der Waals surface area contributed by atoms with Crippen molar-refractivity contribution in [2.75, 3.05) is 25.7 Å². The average molecular weight is 298 g/mol. The van der Waals surface area contributed by atoms with Crippen molar-refractivity contribution in [2.24, 2.45) is 11.8 Å². The lowest BCUT2D eigenvalue weighted by molar-refractivity contribution is 0.329. The van der Waals surface area contributed by atoms with E-state index in [2.05, 4.69) is 15.4 Å². The van der Waals surface area contributed by atoms with Crippen molar-refractivity contribution in [1.29, 1.82) is 0 Å². The summed E-state index contributed by atoms with van der Waals surface area (Å²) >= 11 is 2.02. The normalized spacial score (nSPS) is 17.8. The van der Waals surface area contributed by atoms with Crippen LogP contribution >= 0.6 is 11.8 Å². The summed E-state index contributed by atoms with van der Waals surface area (Å²) in [4.78, 5) is 8.66. The van der Waals surface area contributed by atoms with Crippen LogP contribution in [-0.4, -0.2) is 35.7 Å². The lowest BCUT2D eigenvalue weighted by atomic mass is 9.93. The number of ether oxygens (including phenoxy) is 2. The van der Waals surface area contributed by atoms with Crippen LogP contribution in [0.25, 0.3) is 0 Å². The maximum Gasteiger partial charge on any atom is 0.240 e. The molecule has 1 atom stereocenters. The molecule has 1 aliphatic rings. The third-order valence-electron chi connectivity index (χ3n) is 3.59. The third kappa shape index (κ3) is 3.74. The Bertz CT molecular complexity index is 427. The minimum absolute atomic E-state index is 0.0449. The highest BCUT2D eigenvalue weighted by atomic mass is 32.2. The number of hydrogen-bond acceptors (Lipinski definition) is 7. The summed E-state index contributed by atoms with van der Waals surface area (Å²) in [6.07, 6.45) is 5.01. The first-order valence-electron chi connectivity index (χ1n) is 6.77. The van der Waals surface area contributed by atoms with Crippen molar-refractivity contribution < 1.29 is 9.47 Å². The van der Waals surface area contributed by atoms with Crippen LogP contribution in [0.5, 0.6) is 11.8 Å². The second kappa shape index (κ2) is 7.66. The Morgan fingerprint density at radius 1 is 1.40 bits per heavy atom. The first kappa shape index (κ1) is 15.3. The van der Waals surface area contributed by atoms with Crippen LogP contribution in [0.2, 0.25) is 0 Å². The Labute approximate surface area is 123 Å². The topological polar surface area (TPSA) is 82.3 Å². The van der Waals surface area contributed by atoms with Gasteiger partial charge < -0.3 is 9.47 Å². The molecule has 0 amide bonds. The van der Waals surface area contributed by atoms with E-state index < -0.39 is 0 Å². The molecule has 112 valence electrons. The van der Waals surface area contributed by atoms with Gasteiger partial charge in [-0.2, -0.15) is 16.7 Å². The molecule has 0 saturated carbocycles. The average Bonchev–Trinajstić information content (AvgIpc) is 2.53. The predicted molar refractivity (Wildman–Crippen MR) is 79.9 cm³/mol. The van der Waals surface area contributed by atoms with Gasteiger partial charge in [0.15, 0.2) is 0 Å². The molecular weight excluding hydrogens is 276 g/mol. The fraction of sp³-hybridized carbons (Fsp3) is 0.692. The molecule has 0 bridgehead atoms. The van der Waals surface area contributed by atoms with Crippen molar-refractivity contribution in [1.82, 2.24) is 15.4 Å². The highest BCUT2D eigenvalue weighted by molar-refractivity contribution is 7.99. The van der Waals surface area contributed by atoms with Crippen LogP contribution in [0.4, 0.5) is 0 Å². The number of methoxy groups -OCH3 is 2.